The number of carbonyl (C=O) groups excluding carboxylic acids is 1. The number of nitrogens with zero attached hydrogens (tertiary/aromatic N) is 2. The summed E-state index contributed by atoms with van der Waals surface area (Å²) in [6.07, 6.45) is 1.74. The number of fused-ring (bicyclic) bond motifs is 2. The molecule has 1 atom stereocenters. The first-order valence-corrected chi connectivity index (χ1v) is 9.71. The Hall–Kier alpha value is -2.99. The van der Waals surface area contributed by atoms with Crippen LogP contribution in [0.25, 0.3) is 21.0 Å². The van der Waals surface area contributed by atoms with Crippen LogP contribution >= 0.6 is 11.3 Å². The Kier molecular flexibility index (Phi) is 4.73. The van der Waals surface area contributed by atoms with E-state index >= 15 is 0 Å². The van der Waals surface area contributed by atoms with E-state index in [0.717, 1.165) is 21.2 Å². The first-order valence-electron chi connectivity index (χ1n) is 8.83. The molecule has 1 unspecified atom stereocenters. The van der Waals surface area contributed by atoms with Crippen LogP contribution in [0.1, 0.15) is 24.9 Å². The summed E-state index contributed by atoms with van der Waals surface area (Å²) in [6.45, 7) is 2.29. The Balaban J connectivity index is 1.45. The van der Waals surface area contributed by atoms with Gasteiger partial charge in [0, 0.05) is 13.0 Å². The molecule has 136 valence electrons. The number of carbonyl (C=O) groups is 1. The highest BCUT2D eigenvalue weighted by atomic mass is 32.1. The van der Waals surface area contributed by atoms with E-state index < -0.39 is 0 Å². The van der Waals surface area contributed by atoms with Crippen molar-refractivity contribution in [3.63, 3.8) is 0 Å². The van der Waals surface area contributed by atoms with Gasteiger partial charge in [-0.05, 0) is 34.7 Å². The Bertz CT molecular complexity index is 1170. The number of aryl methyl sites for hydroxylation is 1. The SMILES string of the molecule is CC(NC(=O)CCn1cnc2sccc2c1=O)c1cccc2ccccc12. The van der Waals surface area contributed by atoms with Crippen molar-refractivity contribution in [1.82, 2.24) is 14.9 Å². The van der Waals surface area contributed by atoms with Gasteiger partial charge in [0.2, 0.25) is 5.91 Å². The molecule has 4 aromatic rings. The van der Waals surface area contributed by atoms with Crippen LogP contribution in [0, 0.1) is 0 Å². The third kappa shape index (κ3) is 3.48. The molecule has 0 fully saturated rings. The molecule has 6 heteroatoms. The molecule has 1 N–H and O–H groups in total. The molecule has 0 radical (unpaired) electrons. The van der Waals surface area contributed by atoms with Crippen molar-refractivity contribution < 1.29 is 4.79 Å². The van der Waals surface area contributed by atoms with E-state index in [1.54, 1.807) is 6.07 Å². The van der Waals surface area contributed by atoms with Crippen LogP contribution in [0.5, 0.6) is 0 Å². The van der Waals surface area contributed by atoms with Crippen molar-refractivity contribution >= 4 is 38.2 Å². The lowest BCUT2D eigenvalue weighted by Gasteiger charge is -2.17. The monoisotopic (exact) mass is 377 g/mol. The standard InChI is InChI=1S/C21H19N3O2S/c1-14(16-8-4-6-15-5-2-3-7-17(15)16)23-19(25)9-11-24-13-22-20-18(21(24)26)10-12-27-20/h2-8,10,12-14H,9,11H2,1H3,(H,23,25). The molecular formula is C21H19N3O2S. The highest BCUT2D eigenvalue weighted by Gasteiger charge is 2.13. The van der Waals surface area contributed by atoms with E-state index in [1.165, 1.54) is 22.2 Å². The zero-order valence-corrected chi connectivity index (χ0v) is 15.7. The third-order valence-corrected chi connectivity index (χ3v) is 5.52. The van der Waals surface area contributed by atoms with E-state index in [4.69, 9.17) is 0 Å². The Morgan fingerprint density at radius 3 is 2.85 bits per heavy atom. The van der Waals surface area contributed by atoms with Gasteiger partial charge in [-0.2, -0.15) is 0 Å². The number of amides is 1. The summed E-state index contributed by atoms with van der Waals surface area (Å²) in [6, 6.07) is 15.9. The molecule has 0 aliphatic rings. The first-order chi connectivity index (χ1) is 13.1. The summed E-state index contributed by atoms with van der Waals surface area (Å²) in [7, 11) is 0. The zero-order valence-electron chi connectivity index (χ0n) is 14.9. The molecule has 0 saturated carbocycles. The van der Waals surface area contributed by atoms with Gasteiger partial charge in [-0.15, -0.1) is 11.3 Å². The average Bonchev–Trinajstić information content (AvgIpc) is 3.16. The number of aromatic nitrogens is 2. The van der Waals surface area contributed by atoms with Crippen LogP contribution < -0.4 is 10.9 Å². The summed E-state index contributed by atoms with van der Waals surface area (Å²) in [5.41, 5.74) is 0.983. The van der Waals surface area contributed by atoms with E-state index in [1.807, 2.05) is 36.6 Å². The molecule has 2 aromatic heterocycles. The summed E-state index contributed by atoms with van der Waals surface area (Å²) < 4.78 is 1.50. The fourth-order valence-corrected chi connectivity index (χ4v) is 4.02. The van der Waals surface area contributed by atoms with Crippen molar-refractivity contribution in [2.24, 2.45) is 0 Å². The molecule has 4 rings (SSSR count). The van der Waals surface area contributed by atoms with Crippen molar-refractivity contribution in [2.45, 2.75) is 25.9 Å². The smallest absolute Gasteiger partial charge is 0.262 e. The number of nitrogens with one attached hydrogen (secondary N) is 1. The molecule has 27 heavy (non-hydrogen) atoms. The minimum atomic E-state index is -0.113. The van der Waals surface area contributed by atoms with Crippen molar-refractivity contribution in [3.05, 3.63) is 76.2 Å². The van der Waals surface area contributed by atoms with Crippen molar-refractivity contribution in [2.75, 3.05) is 0 Å². The highest BCUT2D eigenvalue weighted by Crippen LogP contribution is 2.24. The molecule has 0 saturated heterocycles. The predicted molar refractivity (Wildman–Crippen MR) is 109 cm³/mol. The highest BCUT2D eigenvalue weighted by molar-refractivity contribution is 7.16. The Morgan fingerprint density at radius 2 is 1.96 bits per heavy atom. The number of hydrogen-bond donors (Lipinski definition) is 1. The lowest BCUT2D eigenvalue weighted by atomic mass is 9.99. The number of thiophene rings is 1. The number of hydrogen-bond acceptors (Lipinski definition) is 4. The largest absolute Gasteiger partial charge is 0.350 e. The molecular weight excluding hydrogens is 358 g/mol. The number of rotatable bonds is 5. The van der Waals surface area contributed by atoms with Crippen molar-refractivity contribution in [3.8, 4) is 0 Å². The van der Waals surface area contributed by atoms with Gasteiger partial charge in [0.05, 0.1) is 17.8 Å². The van der Waals surface area contributed by atoms with Gasteiger partial charge in [0.15, 0.2) is 0 Å². The van der Waals surface area contributed by atoms with Gasteiger partial charge >= 0.3 is 0 Å². The van der Waals surface area contributed by atoms with Crippen LogP contribution in [0.4, 0.5) is 0 Å². The molecule has 1 amide bonds. The quantitative estimate of drug-likeness (QED) is 0.574. The minimum absolute atomic E-state index is 0.0900. The van der Waals surface area contributed by atoms with Crippen LogP contribution in [-0.2, 0) is 11.3 Å². The van der Waals surface area contributed by atoms with Gasteiger partial charge in [-0.3, -0.25) is 14.2 Å². The normalized spacial score (nSPS) is 12.3. The zero-order chi connectivity index (χ0) is 18.8. The van der Waals surface area contributed by atoms with E-state index in [0.29, 0.717) is 11.9 Å². The second kappa shape index (κ2) is 7.32. The summed E-state index contributed by atoms with van der Waals surface area (Å²) >= 11 is 1.44. The molecule has 0 spiro atoms. The lowest BCUT2D eigenvalue weighted by Crippen LogP contribution is -2.29. The van der Waals surface area contributed by atoms with Crippen LogP contribution in [-0.4, -0.2) is 15.5 Å². The maximum absolute atomic E-state index is 12.4. The maximum atomic E-state index is 12.4. The molecule has 0 aliphatic carbocycles. The van der Waals surface area contributed by atoms with E-state index in [-0.39, 0.29) is 23.9 Å². The minimum Gasteiger partial charge on any atom is -0.350 e. The summed E-state index contributed by atoms with van der Waals surface area (Å²) in [5.74, 6) is -0.0900. The second-order valence-electron chi connectivity index (χ2n) is 6.49. The molecule has 2 heterocycles. The van der Waals surface area contributed by atoms with Gasteiger partial charge in [0.25, 0.3) is 5.56 Å². The number of benzene rings is 2. The van der Waals surface area contributed by atoms with E-state index in [2.05, 4.69) is 28.5 Å². The Labute approximate surface area is 160 Å². The molecule has 5 nitrogen and oxygen atoms in total. The van der Waals surface area contributed by atoms with Gasteiger partial charge in [-0.25, -0.2) is 4.98 Å². The third-order valence-electron chi connectivity index (χ3n) is 4.70. The van der Waals surface area contributed by atoms with Crippen LogP contribution in [0.15, 0.2) is 65.0 Å². The molecule has 0 aliphatic heterocycles. The summed E-state index contributed by atoms with van der Waals surface area (Å²) in [5, 5.41) is 7.78. The fourth-order valence-electron chi connectivity index (χ4n) is 3.29. The second-order valence-corrected chi connectivity index (χ2v) is 7.38. The van der Waals surface area contributed by atoms with Gasteiger partial charge < -0.3 is 5.32 Å². The Morgan fingerprint density at radius 1 is 1.15 bits per heavy atom. The molecule has 2 aromatic carbocycles. The maximum Gasteiger partial charge on any atom is 0.262 e. The van der Waals surface area contributed by atoms with E-state index in [9.17, 15) is 9.59 Å². The van der Waals surface area contributed by atoms with Gasteiger partial charge in [0.1, 0.15) is 4.83 Å². The average molecular weight is 377 g/mol. The predicted octanol–water partition coefficient (Wildman–Crippen LogP) is 3.88. The van der Waals surface area contributed by atoms with Crippen LogP contribution in [0.2, 0.25) is 0 Å². The van der Waals surface area contributed by atoms with Crippen molar-refractivity contribution in [1.29, 1.82) is 0 Å². The fraction of sp³-hybridized carbons (Fsp3) is 0.190. The summed E-state index contributed by atoms with van der Waals surface area (Å²) in [4.78, 5) is 29.8. The molecule has 0 bridgehead atoms. The first kappa shape index (κ1) is 17.4. The van der Waals surface area contributed by atoms with Crippen LogP contribution in [0.3, 0.4) is 0 Å². The van der Waals surface area contributed by atoms with Gasteiger partial charge in [-0.1, -0.05) is 42.5 Å². The lowest BCUT2D eigenvalue weighted by molar-refractivity contribution is -0.121. The topological polar surface area (TPSA) is 64.0 Å².